The summed E-state index contributed by atoms with van der Waals surface area (Å²) in [6.07, 6.45) is 7.11. The first-order valence-corrected chi connectivity index (χ1v) is 14.1. The first kappa shape index (κ1) is 35.2. The highest BCUT2D eigenvalue weighted by molar-refractivity contribution is 6.12. The third-order valence-corrected chi connectivity index (χ3v) is 6.51. The van der Waals surface area contributed by atoms with E-state index in [0.29, 0.717) is 57.8 Å². The van der Waals surface area contributed by atoms with Crippen molar-refractivity contribution in [3.8, 4) is 0 Å². The lowest BCUT2D eigenvalue weighted by atomic mass is 10.0. The lowest BCUT2D eigenvalue weighted by molar-refractivity contribution is -0.137. The van der Waals surface area contributed by atoms with E-state index in [0.717, 1.165) is 4.90 Å². The molecule has 0 radical (unpaired) electrons. The van der Waals surface area contributed by atoms with Crippen molar-refractivity contribution in [3.63, 3.8) is 0 Å². The van der Waals surface area contributed by atoms with Crippen molar-refractivity contribution < 1.29 is 33.6 Å². The fourth-order valence-electron chi connectivity index (χ4n) is 4.18. The summed E-state index contributed by atoms with van der Waals surface area (Å²) in [6.45, 7) is 4.44. The van der Waals surface area contributed by atoms with Gasteiger partial charge in [0.25, 0.3) is 11.8 Å². The van der Waals surface area contributed by atoms with Crippen LogP contribution in [-0.4, -0.2) is 84.5 Å². The highest BCUT2D eigenvalue weighted by atomic mass is 16.2. The minimum atomic E-state index is -1.02. The zero-order chi connectivity index (χ0) is 30.8. The molecular weight excluding hydrogens is 534 g/mol. The van der Waals surface area contributed by atoms with Gasteiger partial charge in [0.15, 0.2) is 0 Å². The summed E-state index contributed by atoms with van der Waals surface area (Å²) in [5.74, 6) is -2.44. The molecule has 0 aromatic carbocycles. The van der Waals surface area contributed by atoms with E-state index >= 15 is 0 Å². The van der Waals surface area contributed by atoms with Gasteiger partial charge in [-0.3, -0.25) is 28.9 Å². The molecule has 0 bridgehead atoms. The van der Waals surface area contributed by atoms with Crippen LogP contribution in [0.5, 0.6) is 0 Å². The van der Waals surface area contributed by atoms with E-state index < -0.39 is 36.0 Å². The van der Waals surface area contributed by atoms with Crippen molar-refractivity contribution >= 4 is 41.9 Å². The highest BCUT2D eigenvalue weighted by Gasteiger charge is 2.29. The van der Waals surface area contributed by atoms with Gasteiger partial charge in [0.1, 0.15) is 18.4 Å². The van der Waals surface area contributed by atoms with Crippen LogP contribution in [0.3, 0.4) is 0 Å². The van der Waals surface area contributed by atoms with Crippen LogP contribution >= 0.6 is 0 Å². The Bertz CT molecular complexity index is 936. The second-order valence-corrected chi connectivity index (χ2v) is 10.3. The molecule has 0 aliphatic carbocycles. The van der Waals surface area contributed by atoms with Crippen molar-refractivity contribution in [2.45, 2.75) is 89.8 Å². The standard InChI is InChI=1S/C27H45N7O7/c1-18(2)24(33-21(36)11-4-3-7-16-34-22(37)12-13-23(34)38)26(40)32-20(10-8-15-30-27(29)41)25(39)31-19(17-35)9-5-6-14-28/h12-13,17-20,24H,3-11,14-16,28H2,1-2H3,(H,31,39)(H,32,40)(H,33,36)(H3,29,30,41)/t19-,20-,24-/m0/s1. The van der Waals surface area contributed by atoms with Crippen molar-refractivity contribution in [1.82, 2.24) is 26.2 Å². The molecule has 1 heterocycles. The number of aldehydes is 1. The molecule has 7 amide bonds. The molecule has 14 heteroatoms. The Morgan fingerprint density at radius 1 is 0.878 bits per heavy atom. The number of carbonyl (C=O) groups is 7. The van der Waals surface area contributed by atoms with Crippen LogP contribution < -0.4 is 32.7 Å². The van der Waals surface area contributed by atoms with Crippen LogP contribution in [0.2, 0.25) is 0 Å². The molecule has 0 fully saturated rings. The molecule has 0 saturated heterocycles. The lowest BCUT2D eigenvalue weighted by Gasteiger charge is -2.26. The van der Waals surface area contributed by atoms with Crippen molar-refractivity contribution in [3.05, 3.63) is 12.2 Å². The Balaban J connectivity index is 2.68. The van der Waals surface area contributed by atoms with Crippen LogP contribution in [-0.2, 0) is 28.8 Å². The van der Waals surface area contributed by atoms with Crippen molar-refractivity contribution in [2.24, 2.45) is 17.4 Å². The van der Waals surface area contributed by atoms with Crippen LogP contribution in [0.25, 0.3) is 0 Å². The first-order chi connectivity index (χ1) is 19.5. The monoisotopic (exact) mass is 579 g/mol. The van der Waals surface area contributed by atoms with Crippen molar-refractivity contribution in [1.29, 1.82) is 0 Å². The molecular formula is C27H45N7O7. The van der Waals surface area contributed by atoms with E-state index in [1.165, 1.54) is 12.2 Å². The maximum absolute atomic E-state index is 13.2. The lowest BCUT2D eigenvalue weighted by Crippen LogP contribution is -2.56. The van der Waals surface area contributed by atoms with Gasteiger partial charge in [-0.2, -0.15) is 0 Å². The minimum Gasteiger partial charge on any atom is -0.352 e. The Morgan fingerprint density at radius 2 is 1.56 bits per heavy atom. The summed E-state index contributed by atoms with van der Waals surface area (Å²) in [7, 11) is 0. The normalized spacial score (nSPS) is 14.9. The molecule has 1 aliphatic heterocycles. The molecule has 0 aromatic heterocycles. The van der Waals surface area contributed by atoms with Gasteiger partial charge in [-0.25, -0.2) is 4.79 Å². The molecule has 8 N–H and O–H groups in total. The van der Waals surface area contributed by atoms with Gasteiger partial charge in [-0.05, 0) is 57.4 Å². The van der Waals surface area contributed by atoms with Gasteiger partial charge in [0.05, 0.1) is 6.04 Å². The second-order valence-electron chi connectivity index (χ2n) is 10.3. The van der Waals surface area contributed by atoms with E-state index in [-0.39, 0.29) is 49.6 Å². The molecule has 0 spiro atoms. The number of nitrogens with two attached hydrogens (primary N) is 2. The summed E-state index contributed by atoms with van der Waals surface area (Å²) in [5, 5.41) is 10.5. The highest BCUT2D eigenvalue weighted by Crippen LogP contribution is 2.10. The number of hydrogen-bond acceptors (Lipinski definition) is 8. The van der Waals surface area contributed by atoms with Crippen molar-refractivity contribution in [2.75, 3.05) is 19.6 Å². The van der Waals surface area contributed by atoms with Crippen LogP contribution in [0, 0.1) is 5.92 Å². The van der Waals surface area contributed by atoms with Gasteiger partial charge >= 0.3 is 6.03 Å². The number of urea groups is 1. The van der Waals surface area contributed by atoms with Gasteiger partial charge in [0.2, 0.25) is 17.7 Å². The number of carbonyl (C=O) groups excluding carboxylic acids is 7. The number of rotatable bonds is 21. The Hall–Kier alpha value is -3.81. The van der Waals surface area contributed by atoms with Crippen LogP contribution in [0.1, 0.15) is 71.6 Å². The summed E-state index contributed by atoms with van der Waals surface area (Å²) in [4.78, 5) is 85.6. The van der Waals surface area contributed by atoms with E-state index in [2.05, 4.69) is 21.3 Å². The minimum absolute atomic E-state index is 0.142. The maximum Gasteiger partial charge on any atom is 0.312 e. The number of unbranched alkanes of at least 4 members (excludes halogenated alkanes) is 3. The molecule has 0 aromatic rings. The Labute approximate surface area is 240 Å². The first-order valence-electron chi connectivity index (χ1n) is 14.1. The topological polar surface area (TPSA) is 223 Å². The average Bonchev–Trinajstić information content (AvgIpc) is 3.24. The predicted molar refractivity (Wildman–Crippen MR) is 151 cm³/mol. The van der Waals surface area contributed by atoms with E-state index in [1.54, 1.807) is 13.8 Å². The van der Waals surface area contributed by atoms with E-state index in [4.69, 9.17) is 11.5 Å². The number of amides is 7. The summed E-state index contributed by atoms with van der Waals surface area (Å²) < 4.78 is 0. The third kappa shape index (κ3) is 13.9. The molecule has 41 heavy (non-hydrogen) atoms. The van der Waals surface area contributed by atoms with Crippen LogP contribution in [0.4, 0.5) is 4.79 Å². The number of primary amides is 1. The summed E-state index contributed by atoms with van der Waals surface area (Å²) >= 11 is 0. The molecule has 0 unspecified atom stereocenters. The maximum atomic E-state index is 13.2. The molecule has 1 aliphatic rings. The largest absolute Gasteiger partial charge is 0.352 e. The predicted octanol–water partition coefficient (Wildman–Crippen LogP) is -0.641. The third-order valence-electron chi connectivity index (χ3n) is 6.51. The fourth-order valence-corrected chi connectivity index (χ4v) is 4.18. The van der Waals surface area contributed by atoms with E-state index in [9.17, 15) is 33.6 Å². The van der Waals surface area contributed by atoms with Gasteiger partial charge in [-0.15, -0.1) is 0 Å². The number of nitrogens with zero attached hydrogens (tertiary/aromatic N) is 1. The van der Waals surface area contributed by atoms with Gasteiger partial charge in [0, 0.05) is 31.7 Å². The van der Waals surface area contributed by atoms with Gasteiger partial charge in [-0.1, -0.05) is 20.3 Å². The molecule has 3 atom stereocenters. The molecule has 0 saturated carbocycles. The summed E-state index contributed by atoms with van der Waals surface area (Å²) in [5.41, 5.74) is 10.6. The SMILES string of the molecule is CC(C)[C@H](NC(=O)CCCCCN1C(=O)C=CC1=O)C(=O)N[C@@H](CCCNC(N)=O)C(=O)N[C@H](C=O)CCCCN. The molecule has 1 rings (SSSR count). The zero-order valence-electron chi connectivity index (χ0n) is 24.0. The number of hydrogen-bond donors (Lipinski definition) is 6. The summed E-state index contributed by atoms with van der Waals surface area (Å²) in [6, 6.07) is -3.39. The Morgan fingerprint density at radius 3 is 2.15 bits per heavy atom. The number of imide groups is 1. The fraction of sp³-hybridized carbons (Fsp3) is 0.667. The smallest absolute Gasteiger partial charge is 0.312 e. The van der Waals surface area contributed by atoms with Crippen LogP contribution in [0.15, 0.2) is 12.2 Å². The average molecular weight is 580 g/mol. The number of nitrogens with one attached hydrogen (secondary N) is 4. The Kier molecular flexibility index (Phi) is 16.6. The zero-order valence-corrected chi connectivity index (χ0v) is 24.0. The molecule has 230 valence electrons. The second kappa shape index (κ2) is 19.3. The van der Waals surface area contributed by atoms with E-state index in [1.807, 2.05) is 0 Å². The van der Waals surface area contributed by atoms with Gasteiger partial charge < -0.3 is 37.5 Å². The quantitative estimate of drug-likeness (QED) is 0.0581. The molecule has 14 nitrogen and oxygen atoms in total.